The van der Waals surface area contributed by atoms with Crippen LogP contribution in [-0.2, 0) is 14.9 Å². The Morgan fingerprint density at radius 1 is 1.06 bits per heavy atom. The average molecular weight is 296 g/mol. The fourth-order valence-electron chi connectivity index (χ4n) is 1.89. The van der Waals surface area contributed by atoms with Crippen LogP contribution in [0.15, 0.2) is 0 Å². The van der Waals surface area contributed by atoms with Gasteiger partial charge in [-0.1, -0.05) is 38.5 Å². The first kappa shape index (κ1) is 17.9. The first-order valence-corrected chi connectivity index (χ1v) is 8.60. The number of hydrogen-bond donors (Lipinski definition) is 2. The van der Waals surface area contributed by atoms with Gasteiger partial charge in [-0.2, -0.15) is 21.0 Å². The largest absolute Gasteiger partial charge is 0.298 e. The van der Waals surface area contributed by atoms with Crippen molar-refractivity contribution in [2.24, 2.45) is 0 Å². The molecule has 0 aromatic carbocycles. The fraction of sp³-hybridized carbons (Fsp3) is 0.917. The zero-order valence-electron chi connectivity index (χ0n) is 11.0. The third-order valence-electron chi connectivity index (χ3n) is 2.94. The highest BCUT2D eigenvalue weighted by Gasteiger charge is 2.26. The molecule has 0 aliphatic heterocycles. The summed E-state index contributed by atoms with van der Waals surface area (Å²) in [6.45, 7) is 1.20. The van der Waals surface area contributed by atoms with Crippen LogP contribution in [0.5, 0.6) is 0 Å². The highest BCUT2D eigenvalue weighted by molar-refractivity contribution is 7.87. The molecular formula is C12H24O4S2. The molecule has 0 bridgehead atoms. The van der Waals surface area contributed by atoms with Crippen molar-refractivity contribution in [1.29, 1.82) is 0 Å². The van der Waals surface area contributed by atoms with Gasteiger partial charge in [0.2, 0.25) is 0 Å². The van der Waals surface area contributed by atoms with Crippen LogP contribution < -0.4 is 0 Å². The molecule has 0 spiro atoms. The number of unbranched alkanes of at least 4 members (excludes halogenated alkanes) is 6. The van der Waals surface area contributed by atoms with E-state index in [1.165, 1.54) is 19.8 Å². The van der Waals surface area contributed by atoms with Crippen molar-refractivity contribution >= 4 is 28.5 Å². The predicted molar refractivity (Wildman–Crippen MR) is 76.8 cm³/mol. The molecule has 0 amide bonds. The molecule has 1 N–H and O–H groups in total. The number of hydrogen-bond acceptors (Lipinski definition) is 4. The summed E-state index contributed by atoms with van der Waals surface area (Å²) in [4.78, 5) is 11.1. The van der Waals surface area contributed by atoms with Crippen LogP contribution in [-0.4, -0.2) is 29.8 Å². The molecule has 0 saturated carbocycles. The van der Waals surface area contributed by atoms with E-state index < -0.39 is 21.2 Å². The first-order valence-electron chi connectivity index (χ1n) is 6.47. The standard InChI is InChI=1S/C12H24O4S2/c1-11(13)12(18(14,15)16)9-7-5-3-2-4-6-8-10-17/h12,17H,2-10H2,1H3,(H,14,15,16). The Balaban J connectivity index is 3.67. The third kappa shape index (κ3) is 8.94. The van der Waals surface area contributed by atoms with E-state index >= 15 is 0 Å². The summed E-state index contributed by atoms with van der Waals surface area (Å²) in [6, 6.07) is 0. The van der Waals surface area contributed by atoms with E-state index in [4.69, 9.17) is 4.55 Å². The molecule has 18 heavy (non-hydrogen) atoms. The Hall–Kier alpha value is -0.0700. The Morgan fingerprint density at radius 3 is 1.89 bits per heavy atom. The minimum atomic E-state index is -4.23. The Morgan fingerprint density at radius 2 is 1.50 bits per heavy atom. The first-order chi connectivity index (χ1) is 8.39. The van der Waals surface area contributed by atoms with Crippen molar-refractivity contribution in [2.75, 3.05) is 5.75 Å². The highest BCUT2D eigenvalue weighted by atomic mass is 32.2. The summed E-state index contributed by atoms with van der Waals surface area (Å²) < 4.78 is 30.8. The number of Topliss-reactive ketones (excluding diaryl/α,β-unsaturated/α-hetero) is 1. The zero-order valence-corrected chi connectivity index (χ0v) is 12.7. The molecule has 0 saturated heterocycles. The van der Waals surface area contributed by atoms with E-state index in [1.54, 1.807) is 0 Å². The monoisotopic (exact) mass is 296 g/mol. The minimum absolute atomic E-state index is 0.227. The summed E-state index contributed by atoms with van der Waals surface area (Å²) in [6.07, 6.45) is 7.46. The molecule has 6 heteroatoms. The number of carbonyl (C=O) groups excluding carboxylic acids is 1. The summed E-state index contributed by atoms with van der Waals surface area (Å²) in [7, 11) is -4.23. The molecule has 108 valence electrons. The van der Waals surface area contributed by atoms with E-state index in [-0.39, 0.29) is 6.42 Å². The normalized spacial score (nSPS) is 13.5. The lowest BCUT2D eigenvalue weighted by Crippen LogP contribution is -2.27. The third-order valence-corrected chi connectivity index (χ3v) is 4.54. The molecule has 0 radical (unpaired) electrons. The van der Waals surface area contributed by atoms with Crippen molar-refractivity contribution in [3.8, 4) is 0 Å². The molecule has 0 rings (SSSR count). The summed E-state index contributed by atoms with van der Waals surface area (Å²) in [5.74, 6) is 0.445. The van der Waals surface area contributed by atoms with Gasteiger partial charge in [0.15, 0.2) is 0 Å². The second-order valence-electron chi connectivity index (χ2n) is 4.60. The summed E-state index contributed by atoms with van der Waals surface area (Å²) in [5.41, 5.74) is 0. The van der Waals surface area contributed by atoms with Crippen molar-refractivity contribution in [1.82, 2.24) is 0 Å². The van der Waals surface area contributed by atoms with E-state index in [0.717, 1.165) is 31.4 Å². The predicted octanol–water partition coefficient (Wildman–Crippen LogP) is 2.88. The van der Waals surface area contributed by atoms with Crippen LogP contribution in [0, 0.1) is 0 Å². The fourth-order valence-corrected chi connectivity index (χ4v) is 2.99. The topological polar surface area (TPSA) is 71.4 Å². The van der Waals surface area contributed by atoms with Crippen molar-refractivity contribution in [3.05, 3.63) is 0 Å². The second-order valence-corrected chi connectivity index (χ2v) is 6.65. The van der Waals surface area contributed by atoms with Gasteiger partial charge in [0.05, 0.1) is 0 Å². The van der Waals surface area contributed by atoms with Crippen LogP contribution >= 0.6 is 12.6 Å². The average Bonchev–Trinajstić information content (AvgIpc) is 2.24. The lowest BCUT2D eigenvalue weighted by Gasteiger charge is -2.09. The molecule has 1 unspecified atom stereocenters. The lowest BCUT2D eigenvalue weighted by atomic mass is 10.1. The summed E-state index contributed by atoms with van der Waals surface area (Å²) >= 11 is 4.14. The maximum absolute atomic E-state index is 11.1. The maximum atomic E-state index is 11.1. The van der Waals surface area contributed by atoms with Crippen LogP contribution in [0.1, 0.15) is 58.3 Å². The van der Waals surface area contributed by atoms with Crippen LogP contribution in [0.3, 0.4) is 0 Å². The van der Waals surface area contributed by atoms with Crippen LogP contribution in [0.2, 0.25) is 0 Å². The van der Waals surface area contributed by atoms with Gasteiger partial charge in [-0.25, -0.2) is 0 Å². The Labute approximate surface area is 116 Å². The van der Waals surface area contributed by atoms with Gasteiger partial charge < -0.3 is 0 Å². The van der Waals surface area contributed by atoms with Gasteiger partial charge in [0.25, 0.3) is 10.1 Å². The van der Waals surface area contributed by atoms with E-state index in [1.807, 2.05) is 0 Å². The van der Waals surface area contributed by atoms with Crippen molar-refractivity contribution < 1.29 is 17.8 Å². The minimum Gasteiger partial charge on any atom is -0.298 e. The van der Waals surface area contributed by atoms with Gasteiger partial charge in [-0.15, -0.1) is 0 Å². The molecule has 1 atom stereocenters. The van der Waals surface area contributed by atoms with Gasteiger partial charge in [-0.05, 0) is 25.5 Å². The molecule has 4 nitrogen and oxygen atoms in total. The molecule has 0 aromatic heterocycles. The van der Waals surface area contributed by atoms with Crippen molar-refractivity contribution in [3.63, 3.8) is 0 Å². The van der Waals surface area contributed by atoms with E-state index in [9.17, 15) is 13.2 Å². The molecule has 0 aliphatic carbocycles. The maximum Gasteiger partial charge on any atom is 0.274 e. The Bertz CT molecular complexity index is 325. The van der Waals surface area contributed by atoms with Crippen LogP contribution in [0.4, 0.5) is 0 Å². The SMILES string of the molecule is CC(=O)C(CCCCCCCCCS)S(=O)(=O)O. The van der Waals surface area contributed by atoms with Crippen LogP contribution in [0.25, 0.3) is 0 Å². The molecule has 0 aliphatic rings. The number of ketones is 1. The number of carbonyl (C=O) groups is 1. The van der Waals surface area contributed by atoms with E-state index in [2.05, 4.69) is 12.6 Å². The second kappa shape index (κ2) is 9.81. The van der Waals surface area contributed by atoms with Gasteiger partial charge in [-0.3, -0.25) is 9.35 Å². The molecule has 0 fully saturated rings. The quantitative estimate of drug-likeness (QED) is 0.349. The molecule has 0 aromatic rings. The molecular weight excluding hydrogens is 272 g/mol. The van der Waals surface area contributed by atoms with E-state index in [0.29, 0.717) is 6.42 Å². The summed E-state index contributed by atoms with van der Waals surface area (Å²) in [5, 5.41) is -1.23. The zero-order chi connectivity index (χ0) is 14.0. The molecule has 0 heterocycles. The smallest absolute Gasteiger partial charge is 0.274 e. The van der Waals surface area contributed by atoms with Gasteiger partial charge in [0.1, 0.15) is 11.0 Å². The lowest BCUT2D eigenvalue weighted by molar-refractivity contribution is -0.116. The number of thiol groups is 1. The van der Waals surface area contributed by atoms with Crippen molar-refractivity contribution in [2.45, 2.75) is 63.5 Å². The van der Waals surface area contributed by atoms with Gasteiger partial charge in [0, 0.05) is 0 Å². The Kier molecular flexibility index (Phi) is 9.77. The van der Waals surface area contributed by atoms with Gasteiger partial charge >= 0.3 is 0 Å². The highest BCUT2D eigenvalue weighted by Crippen LogP contribution is 2.14. The number of rotatable bonds is 11.